The fourth-order valence-electron chi connectivity index (χ4n) is 1.81. The van der Waals surface area contributed by atoms with E-state index in [2.05, 4.69) is 26.1 Å². The van der Waals surface area contributed by atoms with Crippen LogP contribution in [0.4, 0.5) is 0 Å². The van der Waals surface area contributed by atoms with E-state index in [0.717, 1.165) is 12.3 Å². The molecule has 0 saturated carbocycles. The van der Waals surface area contributed by atoms with Crippen LogP contribution in [0.15, 0.2) is 22.8 Å². The smallest absolute Gasteiger partial charge is 0.117 e. The molecule has 0 fully saturated rings. The van der Waals surface area contributed by atoms with Crippen LogP contribution in [0.5, 0.6) is 0 Å². The molecule has 0 unspecified atom stereocenters. The lowest BCUT2D eigenvalue weighted by Gasteiger charge is -2.31. The molecule has 1 aromatic heterocycles. The van der Waals surface area contributed by atoms with Gasteiger partial charge in [-0.05, 0) is 31.4 Å². The standard InChI is InChI=1S/C12H21NO/c1-4-12(5-2,6-3)13-10-11-8-7-9-14-11/h7-9,13H,4-6,10H2,1-3H3. The van der Waals surface area contributed by atoms with Gasteiger partial charge in [-0.1, -0.05) is 20.8 Å². The van der Waals surface area contributed by atoms with Crippen molar-refractivity contribution >= 4 is 0 Å². The first kappa shape index (κ1) is 11.3. The zero-order chi connectivity index (χ0) is 10.4. The van der Waals surface area contributed by atoms with Gasteiger partial charge in [0.25, 0.3) is 0 Å². The summed E-state index contributed by atoms with van der Waals surface area (Å²) in [4.78, 5) is 0. The molecule has 1 N–H and O–H groups in total. The second-order valence-corrected chi connectivity index (χ2v) is 3.77. The fraction of sp³-hybridized carbons (Fsp3) is 0.667. The van der Waals surface area contributed by atoms with Crippen LogP contribution in [0.2, 0.25) is 0 Å². The molecule has 1 rings (SSSR count). The van der Waals surface area contributed by atoms with Crippen LogP contribution >= 0.6 is 0 Å². The lowest BCUT2D eigenvalue weighted by atomic mass is 9.90. The zero-order valence-corrected chi connectivity index (χ0v) is 9.47. The van der Waals surface area contributed by atoms with Crippen molar-refractivity contribution in [2.75, 3.05) is 0 Å². The molecule has 0 aromatic carbocycles. The van der Waals surface area contributed by atoms with E-state index in [-0.39, 0.29) is 5.54 Å². The predicted octanol–water partition coefficient (Wildman–Crippen LogP) is 3.34. The van der Waals surface area contributed by atoms with Crippen molar-refractivity contribution in [3.63, 3.8) is 0 Å². The van der Waals surface area contributed by atoms with Gasteiger partial charge in [-0.2, -0.15) is 0 Å². The van der Waals surface area contributed by atoms with Gasteiger partial charge in [-0.3, -0.25) is 0 Å². The van der Waals surface area contributed by atoms with Crippen LogP contribution in [0.1, 0.15) is 45.8 Å². The highest BCUT2D eigenvalue weighted by molar-refractivity contribution is 4.99. The Bertz CT molecular complexity index is 229. The largest absolute Gasteiger partial charge is 0.468 e. The molecule has 80 valence electrons. The summed E-state index contributed by atoms with van der Waals surface area (Å²) in [5.41, 5.74) is 0.285. The summed E-state index contributed by atoms with van der Waals surface area (Å²) < 4.78 is 5.30. The van der Waals surface area contributed by atoms with E-state index in [1.807, 2.05) is 12.1 Å². The SMILES string of the molecule is CCC(CC)(CC)NCc1ccco1. The Morgan fingerprint density at radius 3 is 2.29 bits per heavy atom. The molecule has 0 aliphatic heterocycles. The van der Waals surface area contributed by atoms with Gasteiger partial charge >= 0.3 is 0 Å². The van der Waals surface area contributed by atoms with Crippen LogP contribution in [0.3, 0.4) is 0 Å². The van der Waals surface area contributed by atoms with E-state index in [4.69, 9.17) is 4.42 Å². The Kier molecular flexibility index (Phi) is 4.21. The van der Waals surface area contributed by atoms with Crippen molar-refractivity contribution in [3.05, 3.63) is 24.2 Å². The van der Waals surface area contributed by atoms with Crippen LogP contribution < -0.4 is 5.32 Å². The molecule has 0 atom stereocenters. The molecule has 1 heterocycles. The van der Waals surface area contributed by atoms with Crippen molar-refractivity contribution in [1.29, 1.82) is 0 Å². The monoisotopic (exact) mass is 195 g/mol. The van der Waals surface area contributed by atoms with Crippen molar-refractivity contribution in [1.82, 2.24) is 5.32 Å². The third-order valence-electron chi connectivity index (χ3n) is 3.25. The maximum atomic E-state index is 5.30. The molecule has 0 spiro atoms. The molecule has 2 heteroatoms. The Morgan fingerprint density at radius 1 is 1.21 bits per heavy atom. The normalized spacial score (nSPS) is 11.9. The highest BCUT2D eigenvalue weighted by Crippen LogP contribution is 2.19. The van der Waals surface area contributed by atoms with Gasteiger partial charge in [0, 0.05) is 5.54 Å². The van der Waals surface area contributed by atoms with Gasteiger partial charge in [0.15, 0.2) is 0 Å². The van der Waals surface area contributed by atoms with Gasteiger partial charge in [0.2, 0.25) is 0 Å². The number of nitrogens with one attached hydrogen (secondary N) is 1. The summed E-state index contributed by atoms with van der Waals surface area (Å²) in [6.07, 6.45) is 5.23. The minimum Gasteiger partial charge on any atom is -0.468 e. The minimum atomic E-state index is 0.285. The second kappa shape index (κ2) is 5.20. The molecule has 0 aliphatic rings. The quantitative estimate of drug-likeness (QED) is 0.753. The van der Waals surface area contributed by atoms with E-state index in [9.17, 15) is 0 Å². The fourth-order valence-corrected chi connectivity index (χ4v) is 1.81. The number of hydrogen-bond donors (Lipinski definition) is 1. The minimum absolute atomic E-state index is 0.285. The van der Waals surface area contributed by atoms with Crippen molar-refractivity contribution in [2.24, 2.45) is 0 Å². The molecule has 0 amide bonds. The number of furan rings is 1. The summed E-state index contributed by atoms with van der Waals surface area (Å²) in [7, 11) is 0. The third-order valence-corrected chi connectivity index (χ3v) is 3.25. The van der Waals surface area contributed by atoms with E-state index in [1.54, 1.807) is 6.26 Å². The van der Waals surface area contributed by atoms with Crippen molar-refractivity contribution in [2.45, 2.75) is 52.1 Å². The summed E-state index contributed by atoms with van der Waals surface area (Å²) >= 11 is 0. The Hall–Kier alpha value is -0.760. The molecule has 0 aliphatic carbocycles. The first-order chi connectivity index (χ1) is 6.76. The van der Waals surface area contributed by atoms with E-state index in [0.29, 0.717) is 0 Å². The lowest BCUT2D eigenvalue weighted by Crippen LogP contribution is -2.42. The number of hydrogen-bond acceptors (Lipinski definition) is 2. The van der Waals surface area contributed by atoms with E-state index >= 15 is 0 Å². The molecular formula is C12H21NO. The van der Waals surface area contributed by atoms with E-state index in [1.165, 1.54) is 19.3 Å². The molecule has 0 bridgehead atoms. The maximum Gasteiger partial charge on any atom is 0.117 e. The summed E-state index contributed by atoms with van der Waals surface area (Å²) in [5, 5.41) is 3.59. The summed E-state index contributed by atoms with van der Waals surface area (Å²) in [5.74, 6) is 1.02. The van der Waals surface area contributed by atoms with Crippen molar-refractivity contribution < 1.29 is 4.42 Å². The highest BCUT2D eigenvalue weighted by atomic mass is 16.3. The topological polar surface area (TPSA) is 25.2 Å². The molecular weight excluding hydrogens is 174 g/mol. The Labute approximate surface area is 86.7 Å². The summed E-state index contributed by atoms with van der Waals surface area (Å²) in [6, 6.07) is 3.95. The maximum absolute atomic E-state index is 5.30. The van der Waals surface area contributed by atoms with Crippen LogP contribution in [0.25, 0.3) is 0 Å². The van der Waals surface area contributed by atoms with Crippen LogP contribution in [-0.2, 0) is 6.54 Å². The van der Waals surface area contributed by atoms with Gasteiger partial charge in [0.05, 0.1) is 12.8 Å². The lowest BCUT2D eigenvalue weighted by molar-refractivity contribution is 0.277. The molecule has 1 aromatic rings. The van der Waals surface area contributed by atoms with Gasteiger partial charge in [0.1, 0.15) is 5.76 Å². The van der Waals surface area contributed by atoms with E-state index < -0.39 is 0 Å². The Balaban J connectivity index is 2.48. The average Bonchev–Trinajstić information content (AvgIpc) is 2.74. The third kappa shape index (κ3) is 2.61. The summed E-state index contributed by atoms with van der Waals surface area (Å²) in [6.45, 7) is 7.55. The average molecular weight is 195 g/mol. The zero-order valence-electron chi connectivity index (χ0n) is 9.47. The number of rotatable bonds is 6. The van der Waals surface area contributed by atoms with Crippen LogP contribution in [0, 0.1) is 0 Å². The van der Waals surface area contributed by atoms with Crippen molar-refractivity contribution in [3.8, 4) is 0 Å². The molecule has 2 nitrogen and oxygen atoms in total. The van der Waals surface area contributed by atoms with Gasteiger partial charge < -0.3 is 9.73 Å². The highest BCUT2D eigenvalue weighted by Gasteiger charge is 2.22. The first-order valence-corrected chi connectivity index (χ1v) is 5.53. The Morgan fingerprint density at radius 2 is 1.86 bits per heavy atom. The first-order valence-electron chi connectivity index (χ1n) is 5.53. The predicted molar refractivity (Wildman–Crippen MR) is 59.2 cm³/mol. The van der Waals surface area contributed by atoms with Gasteiger partial charge in [-0.25, -0.2) is 0 Å². The molecule has 0 saturated heterocycles. The van der Waals surface area contributed by atoms with Crippen LogP contribution in [-0.4, -0.2) is 5.54 Å². The molecule has 14 heavy (non-hydrogen) atoms. The van der Waals surface area contributed by atoms with Gasteiger partial charge in [-0.15, -0.1) is 0 Å². The molecule has 0 radical (unpaired) electrons. The second-order valence-electron chi connectivity index (χ2n) is 3.77.